The van der Waals surface area contributed by atoms with Crippen LogP contribution in [0.15, 0.2) is 0 Å². The van der Waals surface area contributed by atoms with Crippen molar-refractivity contribution in [2.75, 3.05) is 18.7 Å². The van der Waals surface area contributed by atoms with Crippen molar-refractivity contribution in [3.63, 3.8) is 0 Å². The quantitative estimate of drug-likeness (QED) is 0.549. The van der Waals surface area contributed by atoms with Crippen LogP contribution in [0.1, 0.15) is 6.42 Å². The van der Waals surface area contributed by atoms with E-state index in [1.165, 1.54) is 0 Å². The minimum atomic E-state index is -0.909. The molecule has 0 aliphatic rings. The Labute approximate surface area is 86.9 Å². The van der Waals surface area contributed by atoms with Gasteiger partial charge in [-0.1, -0.05) is 0 Å². The Hall–Kier alpha value is 0.272. The molecule has 0 spiro atoms. The minimum Gasteiger partial charge on any atom is -0.480 e. The Kier molecular flexibility index (Phi) is 11.5. The summed E-state index contributed by atoms with van der Waals surface area (Å²) in [4.78, 5) is 10.4. The van der Waals surface area contributed by atoms with Crippen molar-refractivity contribution in [2.45, 2.75) is 12.5 Å². The van der Waals surface area contributed by atoms with Gasteiger partial charge in [0.05, 0.1) is 6.73 Å². The van der Waals surface area contributed by atoms with Gasteiger partial charge in [0.25, 0.3) is 0 Å². The predicted molar refractivity (Wildman–Crippen MR) is 44.6 cm³/mol. The Balaban J connectivity index is 0. The second-order valence-corrected chi connectivity index (χ2v) is 3.02. The molecule has 0 saturated carbocycles. The number of hydrogen-bond donors (Lipinski definition) is 3. The maximum absolute atomic E-state index is 10.4. The van der Waals surface area contributed by atoms with Crippen molar-refractivity contribution in [3.8, 4) is 0 Å². The molecule has 0 fully saturated rings. The zero-order valence-corrected chi connectivity index (χ0v) is 8.91. The van der Waals surface area contributed by atoms with Crippen LogP contribution in [0.5, 0.6) is 0 Å². The maximum atomic E-state index is 10.4. The van der Waals surface area contributed by atoms with E-state index in [1.54, 1.807) is 11.8 Å². The average molecular weight is 231 g/mol. The Morgan fingerprint density at radius 2 is 2.25 bits per heavy atom. The number of aliphatic hydroxyl groups is 1. The van der Waals surface area contributed by atoms with E-state index in [4.69, 9.17) is 10.2 Å². The van der Waals surface area contributed by atoms with Crippen molar-refractivity contribution < 1.29 is 32.4 Å². The number of hydrogen-bond acceptors (Lipinski definition) is 4. The van der Waals surface area contributed by atoms with Crippen LogP contribution >= 0.6 is 11.8 Å². The fraction of sp³-hybridized carbons (Fsp3) is 0.833. The molecule has 0 rings (SSSR count). The van der Waals surface area contributed by atoms with E-state index in [0.29, 0.717) is 6.42 Å². The molecule has 0 radical (unpaired) electrons. The van der Waals surface area contributed by atoms with Crippen LogP contribution in [0.2, 0.25) is 0 Å². The third-order valence-electron chi connectivity index (χ3n) is 1.25. The van der Waals surface area contributed by atoms with Gasteiger partial charge in [0, 0.05) is 17.4 Å². The topological polar surface area (TPSA) is 69.6 Å². The van der Waals surface area contributed by atoms with Gasteiger partial charge in [-0.15, -0.1) is 0 Å². The Morgan fingerprint density at radius 1 is 1.67 bits per heavy atom. The van der Waals surface area contributed by atoms with Gasteiger partial charge in [-0.05, 0) is 18.4 Å². The average Bonchev–Trinajstić information content (AvgIpc) is 1.97. The smallest absolute Gasteiger partial charge is 0.320 e. The Morgan fingerprint density at radius 3 is 2.58 bits per heavy atom. The molecule has 0 bridgehead atoms. The summed E-state index contributed by atoms with van der Waals surface area (Å²) < 4.78 is 0. The van der Waals surface area contributed by atoms with Crippen LogP contribution in [0.25, 0.3) is 0 Å². The van der Waals surface area contributed by atoms with Gasteiger partial charge in [0.2, 0.25) is 0 Å². The van der Waals surface area contributed by atoms with E-state index in [2.05, 4.69) is 5.32 Å². The molecule has 0 heterocycles. The molecule has 0 aliphatic heterocycles. The van der Waals surface area contributed by atoms with Crippen molar-refractivity contribution >= 4 is 17.7 Å². The summed E-state index contributed by atoms with van der Waals surface area (Å²) in [6.07, 6.45) is 2.45. The summed E-state index contributed by atoms with van der Waals surface area (Å²) in [6.45, 7) is -0.286. The van der Waals surface area contributed by atoms with Gasteiger partial charge < -0.3 is 10.2 Å². The van der Waals surface area contributed by atoms with Crippen LogP contribution in [0.3, 0.4) is 0 Å². The first-order valence-electron chi connectivity index (χ1n) is 3.28. The van der Waals surface area contributed by atoms with Gasteiger partial charge in [-0.2, -0.15) is 11.8 Å². The molecule has 0 aliphatic carbocycles. The zero-order chi connectivity index (χ0) is 8.69. The molecular weight excluding hydrogens is 218 g/mol. The monoisotopic (exact) mass is 231 g/mol. The summed E-state index contributed by atoms with van der Waals surface area (Å²) in [6, 6.07) is -0.618. The summed E-state index contributed by atoms with van der Waals surface area (Å²) in [5.41, 5.74) is 0. The Bertz CT molecular complexity index is 125. The second kappa shape index (κ2) is 9.36. The van der Waals surface area contributed by atoms with Crippen molar-refractivity contribution in [1.29, 1.82) is 0 Å². The zero-order valence-electron chi connectivity index (χ0n) is 6.82. The molecule has 3 N–H and O–H groups in total. The predicted octanol–water partition coefficient (Wildman–Crippen LogP) is -0.270. The largest absolute Gasteiger partial charge is 0.480 e. The van der Waals surface area contributed by atoms with Gasteiger partial charge in [0.15, 0.2) is 0 Å². The van der Waals surface area contributed by atoms with Crippen LogP contribution < -0.4 is 5.32 Å². The van der Waals surface area contributed by atoms with E-state index in [-0.39, 0.29) is 24.1 Å². The maximum Gasteiger partial charge on any atom is 0.320 e. The summed E-state index contributed by atoms with van der Waals surface area (Å²) >= 11 is 1.59. The van der Waals surface area contributed by atoms with Gasteiger partial charge >= 0.3 is 5.97 Å². The number of carbonyl (C=O) groups is 1. The van der Waals surface area contributed by atoms with Crippen LogP contribution in [-0.4, -0.2) is 41.0 Å². The van der Waals surface area contributed by atoms with Crippen molar-refractivity contribution in [2.24, 2.45) is 0 Å². The van der Waals surface area contributed by atoms with Gasteiger partial charge in [0.1, 0.15) is 6.04 Å². The second-order valence-electron chi connectivity index (χ2n) is 2.03. The van der Waals surface area contributed by atoms with Gasteiger partial charge in [-0.3, -0.25) is 10.1 Å². The van der Waals surface area contributed by atoms with Gasteiger partial charge in [-0.25, -0.2) is 0 Å². The number of aliphatic hydroxyl groups excluding tert-OH is 1. The minimum absolute atomic E-state index is 0. The number of carboxylic acids is 1. The van der Waals surface area contributed by atoms with E-state index >= 15 is 0 Å². The van der Waals surface area contributed by atoms with E-state index in [1.807, 2.05) is 6.26 Å². The molecule has 4 nitrogen and oxygen atoms in total. The number of aliphatic carboxylic acids is 1. The number of nitrogens with one attached hydrogen (secondary N) is 1. The first kappa shape index (κ1) is 14.8. The first-order valence-corrected chi connectivity index (χ1v) is 4.67. The number of rotatable bonds is 6. The first-order chi connectivity index (χ1) is 5.22. The third-order valence-corrected chi connectivity index (χ3v) is 1.89. The molecule has 0 aromatic rings. The molecule has 12 heavy (non-hydrogen) atoms. The molecule has 1 unspecified atom stereocenters. The summed E-state index contributed by atoms with van der Waals surface area (Å²) in [7, 11) is 0. The summed E-state index contributed by atoms with van der Waals surface area (Å²) in [5, 5.41) is 19.4. The van der Waals surface area contributed by atoms with Crippen LogP contribution in [0.4, 0.5) is 0 Å². The van der Waals surface area contributed by atoms with Crippen LogP contribution in [0, 0.1) is 0 Å². The SMILES string of the molecule is CSCCC(NCO)C(=O)O.[Cr]. The third kappa shape index (κ3) is 6.95. The molecule has 1 atom stereocenters. The molecule has 6 heteroatoms. The van der Waals surface area contributed by atoms with E-state index in [9.17, 15) is 4.79 Å². The molecular formula is C6H13CrNO3S. The van der Waals surface area contributed by atoms with Crippen molar-refractivity contribution in [3.05, 3.63) is 0 Å². The van der Waals surface area contributed by atoms with Crippen molar-refractivity contribution in [1.82, 2.24) is 5.32 Å². The fourth-order valence-corrected chi connectivity index (χ4v) is 1.13. The molecule has 0 aromatic carbocycles. The number of thioether (sulfide) groups is 1. The molecule has 0 saturated heterocycles. The molecule has 72 valence electrons. The molecule has 0 amide bonds. The standard InChI is InChI=1S/C6H13NO3S.Cr/c1-11-3-2-5(6(9)10)7-4-8;/h5,7-8H,2-4H2,1H3,(H,9,10);. The van der Waals surface area contributed by atoms with E-state index < -0.39 is 12.0 Å². The number of carboxylic acid groups (broad SMARTS) is 1. The fourth-order valence-electron chi connectivity index (χ4n) is 0.659. The molecule has 0 aromatic heterocycles. The summed E-state index contributed by atoms with van der Waals surface area (Å²) in [5.74, 6) is -0.127. The van der Waals surface area contributed by atoms with Crippen LogP contribution in [-0.2, 0) is 22.2 Å². The normalized spacial score (nSPS) is 11.8. The van der Waals surface area contributed by atoms with E-state index in [0.717, 1.165) is 5.75 Å².